The molecule has 0 spiro atoms. The Hall–Kier alpha value is -2.73. The molecule has 2 amide bonds. The van der Waals surface area contributed by atoms with Crippen LogP contribution in [0.1, 0.15) is 39.4 Å². The van der Waals surface area contributed by atoms with Gasteiger partial charge in [-0.3, -0.25) is 9.59 Å². The van der Waals surface area contributed by atoms with E-state index in [0.717, 1.165) is 25.8 Å². The summed E-state index contributed by atoms with van der Waals surface area (Å²) in [7, 11) is 3.98. The predicted molar refractivity (Wildman–Crippen MR) is 107 cm³/mol. The number of carbonyl (C=O) groups excluding carboxylic acids is 2. The van der Waals surface area contributed by atoms with Crippen LogP contribution in [0.4, 0.5) is 0 Å². The summed E-state index contributed by atoms with van der Waals surface area (Å²) in [6, 6.07) is 15.1. The Kier molecular flexibility index (Phi) is 8.45. The largest absolute Gasteiger partial charge is 0.351 e. The SMILES string of the molecule is CN(C)CCCNC(=O)c1cccc(C(=O)NCCCc2ccccc2)n1. The molecule has 27 heavy (non-hydrogen) atoms. The Morgan fingerprint density at radius 3 is 2.04 bits per heavy atom. The molecule has 0 saturated carbocycles. The smallest absolute Gasteiger partial charge is 0.269 e. The summed E-state index contributed by atoms with van der Waals surface area (Å²) in [6.07, 6.45) is 2.62. The molecule has 6 heteroatoms. The van der Waals surface area contributed by atoms with Gasteiger partial charge in [0, 0.05) is 13.1 Å². The molecule has 0 fully saturated rings. The number of aryl methyl sites for hydroxylation is 1. The van der Waals surface area contributed by atoms with E-state index in [2.05, 4.69) is 32.7 Å². The number of aromatic nitrogens is 1. The van der Waals surface area contributed by atoms with E-state index in [1.165, 1.54) is 5.56 Å². The maximum Gasteiger partial charge on any atom is 0.269 e. The molecule has 6 nitrogen and oxygen atoms in total. The number of carbonyl (C=O) groups is 2. The Bertz CT molecular complexity index is 732. The fourth-order valence-corrected chi connectivity index (χ4v) is 2.61. The van der Waals surface area contributed by atoms with E-state index in [0.29, 0.717) is 13.1 Å². The summed E-state index contributed by atoms with van der Waals surface area (Å²) in [5, 5.41) is 5.69. The topological polar surface area (TPSA) is 74.3 Å². The highest BCUT2D eigenvalue weighted by Crippen LogP contribution is 2.03. The van der Waals surface area contributed by atoms with Crippen molar-refractivity contribution in [2.45, 2.75) is 19.3 Å². The van der Waals surface area contributed by atoms with Crippen molar-refractivity contribution in [1.29, 1.82) is 0 Å². The van der Waals surface area contributed by atoms with Gasteiger partial charge in [0.15, 0.2) is 0 Å². The first-order chi connectivity index (χ1) is 13.1. The van der Waals surface area contributed by atoms with Gasteiger partial charge < -0.3 is 15.5 Å². The van der Waals surface area contributed by atoms with Crippen molar-refractivity contribution < 1.29 is 9.59 Å². The third-order valence-electron chi connectivity index (χ3n) is 4.05. The van der Waals surface area contributed by atoms with Crippen molar-refractivity contribution >= 4 is 11.8 Å². The number of hydrogen-bond donors (Lipinski definition) is 2. The third-order valence-corrected chi connectivity index (χ3v) is 4.05. The van der Waals surface area contributed by atoms with Gasteiger partial charge in [0.05, 0.1) is 0 Å². The molecule has 0 saturated heterocycles. The molecule has 0 unspecified atom stereocenters. The third kappa shape index (κ3) is 7.58. The lowest BCUT2D eigenvalue weighted by molar-refractivity contribution is 0.0943. The van der Waals surface area contributed by atoms with Crippen molar-refractivity contribution in [3.05, 3.63) is 65.5 Å². The van der Waals surface area contributed by atoms with Gasteiger partial charge in [-0.05, 0) is 57.6 Å². The molecule has 1 heterocycles. The van der Waals surface area contributed by atoms with Gasteiger partial charge in [0.25, 0.3) is 11.8 Å². The van der Waals surface area contributed by atoms with Crippen molar-refractivity contribution in [3.63, 3.8) is 0 Å². The molecule has 1 aromatic heterocycles. The molecule has 1 aromatic carbocycles. The lowest BCUT2D eigenvalue weighted by Gasteiger charge is -2.10. The standard InChI is InChI=1S/C21H28N4O2/c1-25(2)16-8-15-23-21(27)19-13-6-12-18(24-19)20(26)22-14-7-11-17-9-4-3-5-10-17/h3-6,9-10,12-13H,7-8,11,14-16H2,1-2H3,(H,22,26)(H,23,27). The summed E-state index contributed by atoms with van der Waals surface area (Å²) >= 11 is 0. The fourth-order valence-electron chi connectivity index (χ4n) is 2.61. The number of nitrogens with zero attached hydrogens (tertiary/aromatic N) is 2. The van der Waals surface area contributed by atoms with Crippen LogP contribution in [0.3, 0.4) is 0 Å². The maximum atomic E-state index is 12.3. The van der Waals surface area contributed by atoms with Crippen LogP contribution in [0.15, 0.2) is 48.5 Å². The number of hydrogen-bond acceptors (Lipinski definition) is 4. The zero-order valence-electron chi connectivity index (χ0n) is 16.1. The van der Waals surface area contributed by atoms with E-state index in [9.17, 15) is 9.59 Å². The number of amides is 2. The zero-order valence-corrected chi connectivity index (χ0v) is 16.1. The molecule has 2 aromatic rings. The quantitative estimate of drug-likeness (QED) is 0.630. The van der Waals surface area contributed by atoms with Gasteiger partial charge in [0.1, 0.15) is 11.4 Å². The van der Waals surface area contributed by atoms with E-state index >= 15 is 0 Å². The molecular weight excluding hydrogens is 340 g/mol. The number of benzene rings is 1. The minimum atomic E-state index is -0.259. The van der Waals surface area contributed by atoms with Crippen LogP contribution < -0.4 is 10.6 Å². The summed E-state index contributed by atoms with van der Waals surface area (Å²) in [5.74, 6) is -0.516. The summed E-state index contributed by atoms with van der Waals surface area (Å²) < 4.78 is 0. The number of rotatable bonds is 10. The second kappa shape index (κ2) is 11.1. The van der Waals surface area contributed by atoms with Crippen molar-refractivity contribution in [3.8, 4) is 0 Å². The van der Waals surface area contributed by atoms with Gasteiger partial charge in [-0.2, -0.15) is 0 Å². The van der Waals surface area contributed by atoms with E-state index in [4.69, 9.17) is 0 Å². The molecular formula is C21H28N4O2. The summed E-state index contributed by atoms with van der Waals surface area (Å²) in [4.78, 5) is 30.7. The fraction of sp³-hybridized carbons (Fsp3) is 0.381. The van der Waals surface area contributed by atoms with Crippen LogP contribution in [0, 0.1) is 0 Å². The van der Waals surface area contributed by atoms with Gasteiger partial charge in [-0.25, -0.2) is 4.98 Å². The first-order valence-electron chi connectivity index (χ1n) is 9.28. The monoisotopic (exact) mass is 368 g/mol. The molecule has 2 rings (SSSR count). The minimum absolute atomic E-state index is 0.257. The van der Waals surface area contributed by atoms with Gasteiger partial charge >= 0.3 is 0 Å². The Morgan fingerprint density at radius 1 is 0.852 bits per heavy atom. The van der Waals surface area contributed by atoms with Gasteiger partial charge in [0.2, 0.25) is 0 Å². The lowest BCUT2D eigenvalue weighted by Crippen LogP contribution is -2.29. The highest BCUT2D eigenvalue weighted by molar-refractivity contribution is 5.96. The second-order valence-electron chi connectivity index (χ2n) is 6.67. The van der Waals surface area contributed by atoms with E-state index in [1.54, 1.807) is 18.2 Å². The van der Waals surface area contributed by atoms with Gasteiger partial charge in [-0.15, -0.1) is 0 Å². The van der Waals surface area contributed by atoms with Crippen molar-refractivity contribution in [1.82, 2.24) is 20.5 Å². The maximum absolute atomic E-state index is 12.3. The molecule has 0 radical (unpaired) electrons. The molecule has 0 bridgehead atoms. The molecule has 0 atom stereocenters. The van der Waals surface area contributed by atoms with Crippen LogP contribution in [0.2, 0.25) is 0 Å². The first-order valence-corrected chi connectivity index (χ1v) is 9.28. The van der Waals surface area contributed by atoms with Crippen molar-refractivity contribution in [2.75, 3.05) is 33.7 Å². The van der Waals surface area contributed by atoms with E-state index in [1.807, 2.05) is 32.3 Å². The highest BCUT2D eigenvalue weighted by atomic mass is 16.2. The second-order valence-corrected chi connectivity index (χ2v) is 6.67. The summed E-state index contributed by atoms with van der Waals surface area (Å²) in [6.45, 7) is 2.05. The average molecular weight is 368 g/mol. The lowest BCUT2D eigenvalue weighted by atomic mass is 10.1. The Morgan fingerprint density at radius 2 is 1.44 bits per heavy atom. The van der Waals surface area contributed by atoms with Crippen LogP contribution in [-0.2, 0) is 6.42 Å². The molecule has 0 aliphatic carbocycles. The summed E-state index contributed by atoms with van der Waals surface area (Å²) in [5.41, 5.74) is 1.77. The van der Waals surface area contributed by atoms with Gasteiger partial charge in [-0.1, -0.05) is 36.4 Å². The van der Waals surface area contributed by atoms with Crippen LogP contribution in [0.25, 0.3) is 0 Å². The average Bonchev–Trinajstić information content (AvgIpc) is 2.69. The number of nitrogens with one attached hydrogen (secondary N) is 2. The highest BCUT2D eigenvalue weighted by Gasteiger charge is 2.11. The van der Waals surface area contributed by atoms with E-state index < -0.39 is 0 Å². The predicted octanol–water partition coefficient (Wildman–Crippen LogP) is 2.13. The van der Waals surface area contributed by atoms with Crippen molar-refractivity contribution in [2.24, 2.45) is 0 Å². The van der Waals surface area contributed by atoms with Crippen LogP contribution in [-0.4, -0.2) is 55.4 Å². The molecule has 144 valence electrons. The van der Waals surface area contributed by atoms with Crippen LogP contribution >= 0.6 is 0 Å². The van der Waals surface area contributed by atoms with Crippen LogP contribution in [0.5, 0.6) is 0 Å². The zero-order chi connectivity index (χ0) is 19.5. The Labute approximate surface area is 161 Å². The number of pyridine rings is 1. The molecule has 0 aliphatic heterocycles. The van der Waals surface area contributed by atoms with E-state index in [-0.39, 0.29) is 23.2 Å². The Balaban J connectivity index is 1.77. The minimum Gasteiger partial charge on any atom is -0.351 e. The molecule has 2 N–H and O–H groups in total. The molecule has 0 aliphatic rings. The first kappa shape index (κ1) is 20.6. The normalized spacial score (nSPS) is 10.6.